The molecule has 76 valence electrons. The van der Waals surface area contributed by atoms with Crippen molar-refractivity contribution in [1.82, 2.24) is 4.98 Å². The van der Waals surface area contributed by atoms with Gasteiger partial charge >= 0.3 is 0 Å². The summed E-state index contributed by atoms with van der Waals surface area (Å²) in [5, 5.41) is 2.72. The summed E-state index contributed by atoms with van der Waals surface area (Å²) in [5.41, 5.74) is 2.84. The number of aromatic nitrogens is 1. The molecule has 0 spiro atoms. The van der Waals surface area contributed by atoms with E-state index >= 15 is 0 Å². The molecular formula is C12H11NOS. The van der Waals surface area contributed by atoms with Crippen molar-refractivity contribution in [3.05, 3.63) is 40.9 Å². The van der Waals surface area contributed by atoms with Crippen LogP contribution in [0.1, 0.15) is 23.0 Å². The summed E-state index contributed by atoms with van der Waals surface area (Å²) in [5.74, 6) is 0.0195. The maximum atomic E-state index is 11.1. The van der Waals surface area contributed by atoms with Crippen molar-refractivity contribution >= 4 is 17.1 Å². The number of carbonyl (C=O) groups is 1. The molecule has 1 aromatic carbocycles. The molecule has 2 aromatic rings. The van der Waals surface area contributed by atoms with Crippen molar-refractivity contribution in [2.45, 2.75) is 13.8 Å². The van der Waals surface area contributed by atoms with Gasteiger partial charge in [-0.3, -0.25) is 4.79 Å². The molecule has 0 aliphatic rings. The van der Waals surface area contributed by atoms with Crippen molar-refractivity contribution in [2.75, 3.05) is 0 Å². The first kappa shape index (κ1) is 10.1. The summed E-state index contributed by atoms with van der Waals surface area (Å²) in [6.07, 6.45) is 0. The van der Waals surface area contributed by atoms with E-state index in [4.69, 9.17) is 0 Å². The standard InChI is InChI=1S/C12H11NOS/c1-8-5-3-4-6-10(8)12-13-11(7-15-12)9(2)14/h3-7H,1-2H3. The van der Waals surface area contributed by atoms with Crippen LogP contribution in [0, 0.1) is 6.92 Å². The van der Waals surface area contributed by atoms with Gasteiger partial charge in [-0.2, -0.15) is 0 Å². The SMILES string of the molecule is CC(=O)c1csc(-c2ccccc2C)n1. The molecule has 0 amide bonds. The smallest absolute Gasteiger partial charge is 0.178 e. The number of aryl methyl sites for hydroxylation is 1. The second-order valence-corrected chi connectivity index (χ2v) is 4.27. The molecule has 2 rings (SSSR count). The van der Waals surface area contributed by atoms with Gasteiger partial charge in [0.2, 0.25) is 0 Å². The average molecular weight is 217 g/mol. The lowest BCUT2D eigenvalue weighted by atomic mass is 10.1. The quantitative estimate of drug-likeness (QED) is 0.722. The van der Waals surface area contributed by atoms with Crippen LogP contribution in [0.4, 0.5) is 0 Å². The first-order valence-electron chi connectivity index (χ1n) is 4.71. The van der Waals surface area contributed by atoms with Crippen LogP contribution in [0.15, 0.2) is 29.6 Å². The van der Waals surface area contributed by atoms with Gasteiger partial charge in [0.25, 0.3) is 0 Å². The van der Waals surface area contributed by atoms with Crippen molar-refractivity contribution in [1.29, 1.82) is 0 Å². The second-order valence-electron chi connectivity index (χ2n) is 3.41. The van der Waals surface area contributed by atoms with Gasteiger partial charge in [0.1, 0.15) is 10.7 Å². The number of hydrogen-bond acceptors (Lipinski definition) is 3. The molecule has 0 saturated heterocycles. The Bertz CT molecular complexity index is 502. The highest BCUT2D eigenvalue weighted by Crippen LogP contribution is 2.26. The van der Waals surface area contributed by atoms with Gasteiger partial charge in [-0.05, 0) is 12.5 Å². The summed E-state index contributed by atoms with van der Waals surface area (Å²) >= 11 is 1.51. The minimum Gasteiger partial charge on any atom is -0.293 e. The number of Topliss-reactive ketones (excluding diaryl/α,β-unsaturated/α-hetero) is 1. The zero-order valence-corrected chi connectivity index (χ0v) is 9.47. The molecular weight excluding hydrogens is 206 g/mol. The predicted octanol–water partition coefficient (Wildman–Crippen LogP) is 3.32. The van der Waals surface area contributed by atoms with E-state index in [0.717, 1.165) is 10.6 Å². The van der Waals surface area contributed by atoms with Crippen LogP contribution in [0.2, 0.25) is 0 Å². The van der Waals surface area contributed by atoms with Gasteiger partial charge in [0, 0.05) is 17.9 Å². The molecule has 0 aliphatic heterocycles. The Hall–Kier alpha value is -1.48. The fourth-order valence-electron chi connectivity index (χ4n) is 1.37. The minimum atomic E-state index is 0.0195. The number of hydrogen-bond donors (Lipinski definition) is 0. The summed E-state index contributed by atoms with van der Waals surface area (Å²) in [4.78, 5) is 15.4. The number of benzene rings is 1. The number of carbonyl (C=O) groups excluding carboxylic acids is 1. The molecule has 0 radical (unpaired) electrons. The topological polar surface area (TPSA) is 30.0 Å². The van der Waals surface area contributed by atoms with Crippen LogP contribution in [-0.2, 0) is 0 Å². The van der Waals surface area contributed by atoms with Gasteiger partial charge < -0.3 is 0 Å². The minimum absolute atomic E-state index is 0.0195. The van der Waals surface area contributed by atoms with Crippen LogP contribution >= 0.6 is 11.3 Å². The third-order valence-electron chi connectivity index (χ3n) is 2.24. The molecule has 0 unspecified atom stereocenters. The Morgan fingerprint density at radius 1 is 1.33 bits per heavy atom. The van der Waals surface area contributed by atoms with Gasteiger partial charge in [-0.15, -0.1) is 11.3 Å². The van der Waals surface area contributed by atoms with Crippen LogP contribution in [0.5, 0.6) is 0 Å². The zero-order valence-electron chi connectivity index (χ0n) is 8.65. The van der Waals surface area contributed by atoms with E-state index < -0.39 is 0 Å². The lowest BCUT2D eigenvalue weighted by Gasteiger charge is -1.99. The predicted molar refractivity (Wildman–Crippen MR) is 62.3 cm³/mol. The van der Waals surface area contributed by atoms with Gasteiger partial charge in [-0.25, -0.2) is 4.98 Å². The maximum Gasteiger partial charge on any atom is 0.178 e. The Kier molecular flexibility index (Phi) is 2.64. The fourth-order valence-corrected chi connectivity index (χ4v) is 2.32. The van der Waals surface area contributed by atoms with Crippen LogP contribution < -0.4 is 0 Å². The van der Waals surface area contributed by atoms with Gasteiger partial charge in [-0.1, -0.05) is 24.3 Å². The largest absolute Gasteiger partial charge is 0.293 e. The molecule has 2 nitrogen and oxygen atoms in total. The number of thiazole rings is 1. The van der Waals surface area contributed by atoms with Crippen molar-refractivity contribution in [2.24, 2.45) is 0 Å². The lowest BCUT2D eigenvalue weighted by Crippen LogP contribution is -1.91. The highest BCUT2D eigenvalue weighted by molar-refractivity contribution is 7.13. The van der Waals surface area contributed by atoms with E-state index in [1.54, 1.807) is 0 Å². The first-order chi connectivity index (χ1) is 7.18. The molecule has 3 heteroatoms. The molecule has 0 fully saturated rings. The molecule has 0 aliphatic carbocycles. The monoisotopic (exact) mass is 217 g/mol. The van der Waals surface area contributed by atoms with E-state index in [1.165, 1.54) is 23.8 Å². The highest BCUT2D eigenvalue weighted by Gasteiger charge is 2.08. The van der Waals surface area contributed by atoms with E-state index in [0.29, 0.717) is 5.69 Å². The van der Waals surface area contributed by atoms with Crippen LogP contribution in [0.25, 0.3) is 10.6 Å². The highest BCUT2D eigenvalue weighted by atomic mass is 32.1. The molecule has 0 saturated carbocycles. The Morgan fingerprint density at radius 3 is 2.67 bits per heavy atom. The summed E-state index contributed by atoms with van der Waals surface area (Å²) in [6.45, 7) is 3.58. The third-order valence-corrected chi connectivity index (χ3v) is 3.12. The van der Waals surface area contributed by atoms with E-state index in [2.05, 4.69) is 4.98 Å². The molecule has 15 heavy (non-hydrogen) atoms. The molecule has 0 atom stereocenters. The van der Waals surface area contributed by atoms with Gasteiger partial charge in [0.05, 0.1) is 0 Å². The van der Waals surface area contributed by atoms with Gasteiger partial charge in [0.15, 0.2) is 5.78 Å². The first-order valence-corrected chi connectivity index (χ1v) is 5.59. The summed E-state index contributed by atoms with van der Waals surface area (Å²) in [7, 11) is 0. The van der Waals surface area contributed by atoms with Crippen LogP contribution in [-0.4, -0.2) is 10.8 Å². The molecule has 0 bridgehead atoms. The normalized spacial score (nSPS) is 10.3. The van der Waals surface area contributed by atoms with E-state index in [1.807, 2.05) is 36.6 Å². The number of rotatable bonds is 2. The van der Waals surface area contributed by atoms with Crippen LogP contribution in [0.3, 0.4) is 0 Å². The summed E-state index contributed by atoms with van der Waals surface area (Å²) < 4.78 is 0. The summed E-state index contributed by atoms with van der Waals surface area (Å²) in [6, 6.07) is 8.05. The molecule has 0 N–H and O–H groups in total. The number of nitrogens with zero attached hydrogens (tertiary/aromatic N) is 1. The number of ketones is 1. The van der Waals surface area contributed by atoms with Crippen molar-refractivity contribution in [3.63, 3.8) is 0 Å². The van der Waals surface area contributed by atoms with E-state index in [-0.39, 0.29) is 5.78 Å². The lowest BCUT2D eigenvalue weighted by molar-refractivity contribution is 0.101. The second kappa shape index (κ2) is 3.95. The zero-order chi connectivity index (χ0) is 10.8. The fraction of sp³-hybridized carbons (Fsp3) is 0.167. The van der Waals surface area contributed by atoms with Crippen molar-refractivity contribution < 1.29 is 4.79 Å². The third kappa shape index (κ3) is 1.97. The Morgan fingerprint density at radius 2 is 2.07 bits per heavy atom. The molecule has 1 heterocycles. The van der Waals surface area contributed by atoms with E-state index in [9.17, 15) is 4.79 Å². The maximum absolute atomic E-state index is 11.1. The van der Waals surface area contributed by atoms with Crippen molar-refractivity contribution in [3.8, 4) is 10.6 Å². The molecule has 1 aromatic heterocycles. The Balaban J connectivity index is 2.46. The average Bonchev–Trinajstić information content (AvgIpc) is 2.67. The Labute approximate surface area is 92.6 Å².